The van der Waals surface area contributed by atoms with Gasteiger partial charge in [-0.05, 0) is 69.7 Å². The summed E-state index contributed by atoms with van der Waals surface area (Å²) in [4.78, 5) is 32.9. The summed E-state index contributed by atoms with van der Waals surface area (Å²) in [5.41, 5.74) is -2.73. The van der Waals surface area contributed by atoms with Gasteiger partial charge in [0.15, 0.2) is 5.82 Å². The van der Waals surface area contributed by atoms with Gasteiger partial charge in [-0.25, -0.2) is 0 Å². The molecule has 5 rings (SSSR count). The first-order valence-corrected chi connectivity index (χ1v) is 17.1. The molecule has 9 nitrogen and oxygen atoms in total. The molecule has 0 bridgehead atoms. The van der Waals surface area contributed by atoms with Crippen molar-refractivity contribution in [2.75, 3.05) is 45.8 Å². The Bertz CT molecular complexity index is 1480. The highest BCUT2D eigenvalue weighted by Gasteiger charge is 2.40. The highest BCUT2D eigenvalue weighted by Crippen LogP contribution is 2.37. The molecule has 1 amide bonds. The fraction of sp³-hybridized carbons (Fsp3) is 0.571. The van der Waals surface area contributed by atoms with Gasteiger partial charge in [-0.1, -0.05) is 30.3 Å². The summed E-state index contributed by atoms with van der Waals surface area (Å²) in [6.07, 6.45) is -5.71. The van der Waals surface area contributed by atoms with E-state index in [1.54, 1.807) is 0 Å². The third kappa shape index (κ3) is 9.47. The van der Waals surface area contributed by atoms with Crippen LogP contribution in [0.1, 0.15) is 66.6 Å². The lowest BCUT2D eigenvalue weighted by Gasteiger charge is -2.48. The normalized spacial score (nSPS) is 23.3. The molecule has 1 N–H and O–H groups in total. The van der Waals surface area contributed by atoms with E-state index in [-0.39, 0.29) is 30.7 Å². The number of piperazine rings is 1. The Hall–Kier alpha value is -3.85. The van der Waals surface area contributed by atoms with Gasteiger partial charge in [0, 0.05) is 75.5 Å². The van der Waals surface area contributed by atoms with E-state index in [1.807, 2.05) is 49.1 Å². The van der Waals surface area contributed by atoms with Gasteiger partial charge in [-0.3, -0.25) is 24.7 Å². The van der Waals surface area contributed by atoms with Gasteiger partial charge in [0.1, 0.15) is 0 Å². The number of rotatable bonds is 9. The Morgan fingerprint density at radius 2 is 1.50 bits per heavy atom. The number of hydrogen-bond donors (Lipinski definition) is 1. The zero-order chi connectivity index (χ0) is 36.2. The maximum absolute atomic E-state index is 13.8. The van der Waals surface area contributed by atoms with Crippen molar-refractivity contribution in [2.45, 2.75) is 82.5 Å². The fourth-order valence-corrected chi connectivity index (χ4v) is 7.50. The maximum Gasteiger partial charge on any atom is 0.416 e. The number of carbonyl (C=O) groups is 1. The van der Waals surface area contributed by atoms with Crippen LogP contribution >= 0.6 is 0 Å². The van der Waals surface area contributed by atoms with E-state index in [4.69, 9.17) is 0 Å². The average molecular weight is 711 g/mol. The van der Waals surface area contributed by atoms with Crippen LogP contribution < -0.4 is 5.32 Å². The number of nitrogens with zero attached hydrogens (tertiary/aromatic N) is 5. The van der Waals surface area contributed by atoms with Crippen LogP contribution in [-0.2, 0) is 18.8 Å². The highest BCUT2D eigenvalue weighted by molar-refractivity contribution is 5.95. The Balaban J connectivity index is 1.28. The van der Waals surface area contributed by atoms with E-state index in [2.05, 4.69) is 15.1 Å². The molecule has 0 radical (unpaired) electrons. The van der Waals surface area contributed by atoms with Gasteiger partial charge in [0.25, 0.3) is 12.1 Å². The number of alkyl halides is 6. The van der Waals surface area contributed by atoms with Crippen molar-refractivity contribution in [3.63, 3.8) is 0 Å². The number of likely N-dealkylation sites (tertiary alicyclic amines) is 2. The highest BCUT2D eigenvalue weighted by atomic mass is 19.4. The smallest absolute Gasteiger partial charge is 0.364 e. The number of benzene rings is 2. The molecule has 3 saturated heterocycles. The minimum absolute atomic E-state index is 0.0414. The molecule has 2 aromatic carbocycles. The second kappa shape index (κ2) is 15.6. The number of piperidine rings is 2. The quantitative estimate of drug-likeness (QED) is 0.192. The molecular weight excluding hydrogens is 666 g/mol. The largest absolute Gasteiger partial charge is 0.416 e. The monoisotopic (exact) mass is 710 g/mol. The zero-order valence-corrected chi connectivity index (χ0v) is 28.2. The lowest BCUT2D eigenvalue weighted by atomic mass is 9.90. The molecule has 0 aromatic heterocycles. The van der Waals surface area contributed by atoms with Gasteiger partial charge in [0.2, 0.25) is 0 Å². The van der Waals surface area contributed by atoms with Gasteiger partial charge < -0.3 is 15.1 Å². The number of carbonyl (C=O) groups excluding carboxylic acids is 1. The van der Waals surface area contributed by atoms with Crippen LogP contribution in [0.3, 0.4) is 0 Å². The first-order chi connectivity index (χ1) is 23.6. The Morgan fingerprint density at radius 3 is 2.06 bits per heavy atom. The first kappa shape index (κ1) is 37.4. The second-order valence-electron chi connectivity index (χ2n) is 13.7. The molecule has 0 spiro atoms. The predicted octanol–water partition coefficient (Wildman–Crippen LogP) is 6.10. The van der Waals surface area contributed by atoms with Crippen molar-refractivity contribution in [3.05, 3.63) is 92.9 Å². The topological polar surface area (TPSA) is 85.2 Å². The van der Waals surface area contributed by atoms with Crippen LogP contribution in [0.4, 0.5) is 26.3 Å². The van der Waals surface area contributed by atoms with E-state index < -0.39 is 45.9 Å². The van der Waals surface area contributed by atoms with E-state index in [0.717, 1.165) is 57.3 Å². The van der Waals surface area contributed by atoms with Crippen molar-refractivity contribution in [1.82, 2.24) is 24.9 Å². The van der Waals surface area contributed by atoms with Gasteiger partial charge >= 0.3 is 12.4 Å². The van der Waals surface area contributed by atoms with Gasteiger partial charge in [-0.15, -0.1) is 0 Å². The summed E-state index contributed by atoms with van der Waals surface area (Å²) >= 11 is 0. The fourth-order valence-electron chi connectivity index (χ4n) is 7.50. The molecule has 3 atom stereocenters. The summed E-state index contributed by atoms with van der Waals surface area (Å²) in [5.74, 6) is -0.330. The van der Waals surface area contributed by atoms with E-state index in [9.17, 15) is 41.3 Å². The minimum Gasteiger partial charge on any atom is -0.364 e. The third-order valence-electron chi connectivity index (χ3n) is 9.88. The lowest BCUT2D eigenvalue weighted by Crippen LogP contribution is -2.59. The van der Waals surface area contributed by atoms with E-state index in [1.165, 1.54) is 4.90 Å². The van der Waals surface area contributed by atoms with Crippen LogP contribution in [0.15, 0.2) is 60.6 Å². The van der Waals surface area contributed by atoms with Crippen molar-refractivity contribution >= 4 is 5.91 Å². The van der Waals surface area contributed by atoms with E-state index >= 15 is 0 Å². The molecule has 15 heteroatoms. The predicted molar refractivity (Wildman–Crippen MR) is 176 cm³/mol. The maximum atomic E-state index is 13.8. The number of hydrogen-bond acceptors (Lipinski definition) is 7. The van der Waals surface area contributed by atoms with Crippen molar-refractivity contribution in [2.24, 2.45) is 0 Å². The molecule has 0 aliphatic carbocycles. The Labute approximate surface area is 288 Å². The van der Waals surface area contributed by atoms with Crippen LogP contribution in [-0.4, -0.2) is 100 Å². The number of amides is 1. The number of halogens is 6. The summed E-state index contributed by atoms with van der Waals surface area (Å²) in [5, 5.41) is 14.5. The molecule has 0 saturated carbocycles. The molecule has 3 aliphatic rings. The number of nitro groups is 1. The number of nitrogens with one attached hydrogen (secondary N) is 1. The van der Waals surface area contributed by atoms with Crippen molar-refractivity contribution in [3.8, 4) is 0 Å². The zero-order valence-electron chi connectivity index (χ0n) is 28.2. The minimum atomic E-state index is -5.05. The molecule has 3 fully saturated rings. The van der Waals surface area contributed by atoms with Crippen LogP contribution in [0.25, 0.3) is 0 Å². The van der Waals surface area contributed by atoms with Crippen molar-refractivity contribution in [1.29, 1.82) is 0 Å². The second-order valence-corrected chi connectivity index (χ2v) is 13.7. The standard InChI is InChI=1S/C35H44F6N6O3/c1-24(2)42-32(23-47(49)50)45-11-6-9-30(22-45)44-15-13-43(14-16-44)29-10-12-46(31(21-29)17-25-7-4-3-5-8-25)33(48)26-18-27(34(36,37)38)20-28(19-26)35(39,40)41/h3-5,7-8,18-20,23-24,29-31,42H,6,9-17,21-22H2,1-2H3/b32-23+. The molecule has 3 heterocycles. The molecule has 274 valence electrons. The third-order valence-corrected chi connectivity index (χ3v) is 9.88. The average Bonchev–Trinajstić information content (AvgIpc) is 3.07. The SMILES string of the molecule is CC(C)N/C(=C\[N+](=O)[O-])N1CCCC(N2CCN(C3CCN(C(=O)c4cc(C(F)(F)F)cc(C(F)(F)F)c4)C(Cc4ccccc4)C3)CC2)C1. The van der Waals surface area contributed by atoms with E-state index in [0.29, 0.717) is 43.8 Å². The molecular formula is C35H44F6N6O3. The van der Waals surface area contributed by atoms with Crippen LogP contribution in [0.5, 0.6) is 0 Å². The van der Waals surface area contributed by atoms with Crippen molar-refractivity contribution < 1.29 is 36.1 Å². The van der Waals surface area contributed by atoms with Crippen LogP contribution in [0, 0.1) is 10.1 Å². The summed E-state index contributed by atoms with van der Waals surface area (Å²) in [7, 11) is 0. The molecule has 50 heavy (non-hydrogen) atoms. The first-order valence-electron chi connectivity index (χ1n) is 17.1. The summed E-state index contributed by atoms with van der Waals surface area (Å²) < 4.78 is 81.7. The Morgan fingerprint density at radius 1 is 0.900 bits per heavy atom. The van der Waals surface area contributed by atoms with Crippen LogP contribution in [0.2, 0.25) is 0 Å². The van der Waals surface area contributed by atoms with Gasteiger partial charge in [0.05, 0.1) is 16.1 Å². The lowest BCUT2D eigenvalue weighted by molar-refractivity contribution is -0.404. The Kier molecular flexibility index (Phi) is 11.7. The molecule has 3 aliphatic heterocycles. The molecule has 3 unspecified atom stereocenters. The van der Waals surface area contributed by atoms with Gasteiger partial charge in [-0.2, -0.15) is 26.3 Å². The molecule has 2 aromatic rings. The summed E-state index contributed by atoms with van der Waals surface area (Å²) in [6, 6.07) is 10.3. The summed E-state index contributed by atoms with van der Waals surface area (Å²) in [6.45, 7) is 8.58.